The molecular formula is C14H21NO2S. The lowest BCUT2D eigenvalue weighted by Crippen LogP contribution is -2.38. The van der Waals surface area contributed by atoms with Gasteiger partial charge in [0, 0.05) is 6.54 Å². The first-order valence-corrected chi connectivity index (χ1v) is 7.50. The highest BCUT2D eigenvalue weighted by molar-refractivity contribution is 7.11. The third kappa shape index (κ3) is 3.82. The largest absolute Gasteiger partial charge is 0.457 e. The molecule has 1 aliphatic rings. The molecule has 2 rings (SSSR count). The molecule has 3 nitrogen and oxygen atoms in total. The second-order valence-electron chi connectivity index (χ2n) is 5.18. The van der Waals surface area contributed by atoms with Crippen molar-refractivity contribution >= 4 is 17.3 Å². The van der Waals surface area contributed by atoms with E-state index in [2.05, 4.69) is 11.8 Å². The summed E-state index contributed by atoms with van der Waals surface area (Å²) in [7, 11) is 0. The van der Waals surface area contributed by atoms with E-state index in [1.807, 2.05) is 24.4 Å². The molecule has 0 bridgehead atoms. The summed E-state index contributed by atoms with van der Waals surface area (Å²) in [5.74, 6) is 0.646. The smallest absolute Gasteiger partial charge is 0.348 e. The summed E-state index contributed by atoms with van der Waals surface area (Å²) in [5, 5.41) is 1.90. The van der Waals surface area contributed by atoms with Crippen LogP contribution in [0, 0.1) is 5.92 Å². The third-order valence-electron chi connectivity index (χ3n) is 3.42. The molecule has 0 spiro atoms. The Morgan fingerprint density at radius 3 is 2.89 bits per heavy atom. The number of rotatable bonds is 4. The Morgan fingerprint density at radius 2 is 2.28 bits per heavy atom. The van der Waals surface area contributed by atoms with Gasteiger partial charge in [-0.05, 0) is 50.2 Å². The number of thiophene rings is 1. The molecule has 0 saturated carbocycles. The maximum Gasteiger partial charge on any atom is 0.348 e. The average Bonchev–Trinajstić information content (AvgIpc) is 2.85. The van der Waals surface area contributed by atoms with Gasteiger partial charge in [0.05, 0.1) is 0 Å². The maximum absolute atomic E-state index is 11.8. The SMILES string of the molecule is CC1CCN(CC(C)OC(=O)c2cccs2)CC1. The van der Waals surface area contributed by atoms with E-state index in [0.29, 0.717) is 4.88 Å². The highest BCUT2D eigenvalue weighted by atomic mass is 32.1. The van der Waals surface area contributed by atoms with Crippen LogP contribution in [0.15, 0.2) is 17.5 Å². The van der Waals surface area contributed by atoms with Gasteiger partial charge in [-0.2, -0.15) is 0 Å². The first-order chi connectivity index (χ1) is 8.65. The van der Waals surface area contributed by atoms with Crippen LogP contribution in [0.4, 0.5) is 0 Å². The molecule has 1 unspecified atom stereocenters. The molecule has 0 N–H and O–H groups in total. The Balaban J connectivity index is 1.75. The van der Waals surface area contributed by atoms with Crippen LogP contribution in [-0.2, 0) is 4.74 Å². The van der Waals surface area contributed by atoms with Gasteiger partial charge in [-0.15, -0.1) is 11.3 Å². The summed E-state index contributed by atoms with van der Waals surface area (Å²) in [6.07, 6.45) is 2.48. The second-order valence-corrected chi connectivity index (χ2v) is 6.12. The van der Waals surface area contributed by atoms with E-state index in [0.717, 1.165) is 25.6 Å². The van der Waals surface area contributed by atoms with Gasteiger partial charge in [0.25, 0.3) is 0 Å². The van der Waals surface area contributed by atoms with Crippen LogP contribution in [0.1, 0.15) is 36.4 Å². The number of hydrogen-bond donors (Lipinski definition) is 0. The van der Waals surface area contributed by atoms with Crippen LogP contribution < -0.4 is 0 Å². The molecular weight excluding hydrogens is 246 g/mol. The number of nitrogens with zero attached hydrogens (tertiary/aromatic N) is 1. The van der Waals surface area contributed by atoms with Crippen molar-refractivity contribution in [3.05, 3.63) is 22.4 Å². The topological polar surface area (TPSA) is 29.5 Å². The molecule has 4 heteroatoms. The van der Waals surface area contributed by atoms with Gasteiger partial charge in [-0.25, -0.2) is 4.79 Å². The van der Waals surface area contributed by atoms with E-state index in [4.69, 9.17) is 4.74 Å². The predicted molar refractivity (Wildman–Crippen MR) is 74.0 cm³/mol. The third-order valence-corrected chi connectivity index (χ3v) is 4.27. The molecule has 1 atom stereocenters. The fraction of sp³-hybridized carbons (Fsp3) is 0.643. The minimum Gasteiger partial charge on any atom is -0.457 e. The van der Waals surface area contributed by atoms with Gasteiger partial charge < -0.3 is 4.74 Å². The van der Waals surface area contributed by atoms with Crippen LogP contribution >= 0.6 is 11.3 Å². The van der Waals surface area contributed by atoms with Crippen LogP contribution in [0.3, 0.4) is 0 Å². The summed E-state index contributed by atoms with van der Waals surface area (Å²) in [6.45, 7) is 7.38. The molecule has 1 aromatic rings. The van der Waals surface area contributed by atoms with E-state index >= 15 is 0 Å². The number of esters is 1. The van der Waals surface area contributed by atoms with Crippen molar-refractivity contribution in [2.45, 2.75) is 32.8 Å². The minimum absolute atomic E-state index is 0.0343. The number of carbonyl (C=O) groups excluding carboxylic acids is 1. The lowest BCUT2D eigenvalue weighted by atomic mass is 9.99. The zero-order chi connectivity index (χ0) is 13.0. The predicted octanol–water partition coefficient (Wildman–Crippen LogP) is 3.03. The Morgan fingerprint density at radius 1 is 1.56 bits per heavy atom. The highest BCUT2D eigenvalue weighted by Gasteiger charge is 2.19. The van der Waals surface area contributed by atoms with Crippen molar-refractivity contribution in [1.82, 2.24) is 4.90 Å². The summed E-state index contributed by atoms with van der Waals surface area (Å²) >= 11 is 1.43. The second kappa shape index (κ2) is 6.34. The van der Waals surface area contributed by atoms with E-state index in [1.54, 1.807) is 0 Å². The van der Waals surface area contributed by atoms with E-state index in [1.165, 1.54) is 24.2 Å². The highest BCUT2D eigenvalue weighted by Crippen LogP contribution is 2.17. The minimum atomic E-state index is -0.192. The van der Waals surface area contributed by atoms with Crippen molar-refractivity contribution in [2.24, 2.45) is 5.92 Å². The molecule has 1 fully saturated rings. The molecule has 0 radical (unpaired) electrons. The average molecular weight is 267 g/mol. The molecule has 2 heterocycles. The molecule has 18 heavy (non-hydrogen) atoms. The monoisotopic (exact) mass is 267 g/mol. The zero-order valence-corrected chi connectivity index (χ0v) is 11.9. The van der Waals surface area contributed by atoms with Gasteiger partial charge in [0.1, 0.15) is 11.0 Å². The van der Waals surface area contributed by atoms with Crippen LogP contribution in [0.5, 0.6) is 0 Å². The fourth-order valence-corrected chi connectivity index (χ4v) is 2.89. The Bertz CT molecular complexity index is 369. The Kier molecular flexibility index (Phi) is 4.78. The van der Waals surface area contributed by atoms with Crippen LogP contribution in [0.2, 0.25) is 0 Å². The molecule has 0 aliphatic carbocycles. The molecule has 0 amide bonds. The van der Waals surface area contributed by atoms with Crippen LogP contribution in [0.25, 0.3) is 0 Å². The van der Waals surface area contributed by atoms with Crippen molar-refractivity contribution in [3.63, 3.8) is 0 Å². The van der Waals surface area contributed by atoms with Gasteiger partial charge >= 0.3 is 5.97 Å². The quantitative estimate of drug-likeness (QED) is 0.785. The van der Waals surface area contributed by atoms with Gasteiger partial charge in [0.2, 0.25) is 0 Å². The number of piperidine rings is 1. The van der Waals surface area contributed by atoms with Gasteiger partial charge in [-0.3, -0.25) is 4.90 Å². The van der Waals surface area contributed by atoms with Gasteiger partial charge in [0.15, 0.2) is 0 Å². The van der Waals surface area contributed by atoms with Crippen molar-refractivity contribution in [3.8, 4) is 0 Å². The fourth-order valence-electron chi connectivity index (χ4n) is 2.28. The number of hydrogen-bond acceptors (Lipinski definition) is 4. The lowest BCUT2D eigenvalue weighted by Gasteiger charge is -2.31. The normalized spacial score (nSPS) is 19.7. The summed E-state index contributed by atoms with van der Waals surface area (Å²) in [4.78, 5) is 14.9. The zero-order valence-electron chi connectivity index (χ0n) is 11.1. The van der Waals surface area contributed by atoms with Crippen molar-refractivity contribution in [2.75, 3.05) is 19.6 Å². The number of likely N-dealkylation sites (tertiary alicyclic amines) is 1. The summed E-state index contributed by atoms with van der Waals surface area (Å²) < 4.78 is 5.45. The van der Waals surface area contributed by atoms with E-state index < -0.39 is 0 Å². The first-order valence-electron chi connectivity index (χ1n) is 6.62. The Hall–Kier alpha value is -0.870. The molecule has 1 aromatic heterocycles. The van der Waals surface area contributed by atoms with Crippen molar-refractivity contribution < 1.29 is 9.53 Å². The molecule has 1 aliphatic heterocycles. The summed E-state index contributed by atoms with van der Waals surface area (Å²) in [6, 6.07) is 3.68. The van der Waals surface area contributed by atoms with Crippen molar-refractivity contribution in [1.29, 1.82) is 0 Å². The standard InChI is InChI=1S/C14H21NO2S/c1-11-5-7-15(8-6-11)10-12(2)17-14(16)13-4-3-9-18-13/h3-4,9,11-12H,5-8,10H2,1-2H3. The lowest BCUT2D eigenvalue weighted by molar-refractivity contribution is 0.0227. The number of carbonyl (C=O) groups is 1. The molecule has 100 valence electrons. The first kappa shape index (κ1) is 13.6. The number of ether oxygens (including phenoxy) is 1. The molecule has 1 saturated heterocycles. The van der Waals surface area contributed by atoms with Crippen LogP contribution in [-0.4, -0.2) is 36.6 Å². The summed E-state index contributed by atoms with van der Waals surface area (Å²) in [5.41, 5.74) is 0. The van der Waals surface area contributed by atoms with E-state index in [-0.39, 0.29) is 12.1 Å². The maximum atomic E-state index is 11.8. The Labute approximate surface area is 113 Å². The van der Waals surface area contributed by atoms with Gasteiger partial charge in [-0.1, -0.05) is 13.0 Å². The van der Waals surface area contributed by atoms with E-state index in [9.17, 15) is 4.79 Å². The molecule has 0 aromatic carbocycles.